The third-order valence-corrected chi connectivity index (χ3v) is 1.58. The molecule has 0 fully saturated rings. The average molecular weight is 154 g/mol. The molecule has 62 valence electrons. The smallest absolute Gasteiger partial charge is 0.0662 e. The third-order valence-electron chi connectivity index (χ3n) is 1.58. The zero-order valence-corrected chi connectivity index (χ0v) is 7.08. The summed E-state index contributed by atoms with van der Waals surface area (Å²) in [4.78, 5) is 0. The summed E-state index contributed by atoms with van der Waals surface area (Å²) in [6.07, 6.45) is 1.81. The molecule has 0 aliphatic rings. The molecule has 3 heteroatoms. The molecule has 1 aromatic heterocycles. The van der Waals surface area contributed by atoms with E-state index in [1.807, 2.05) is 24.6 Å². The van der Waals surface area contributed by atoms with Gasteiger partial charge in [-0.2, -0.15) is 5.10 Å². The first kappa shape index (κ1) is 8.27. The second-order valence-corrected chi connectivity index (χ2v) is 2.39. The van der Waals surface area contributed by atoms with Gasteiger partial charge in [0.15, 0.2) is 0 Å². The van der Waals surface area contributed by atoms with Crippen LogP contribution in [0, 0.1) is 6.92 Å². The molecular weight excluding hydrogens is 140 g/mol. The fourth-order valence-electron chi connectivity index (χ4n) is 0.928. The molecule has 3 nitrogen and oxygen atoms in total. The Balaban J connectivity index is 2.32. The van der Waals surface area contributed by atoms with E-state index in [1.165, 1.54) is 5.69 Å². The van der Waals surface area contributed by atoms with Crippen LogP contribution >= 0.6 is 0 Å². The number of nitrogens with zero attached hydrogens (tertiary/aromatic N) is 2. The normalized spacial score (nSPS) is 10.4. The van der Waals surface area contributed by atoms with E-state index in [9.17, 15) is 0 Å². The number of hydrogen-bond acceptors (Lipinski definition) is 2. The standard InChI is InChI=1S/C8H14N2O/c1-3-11-7-6-10-8(2)4-5-9-10/h4-5H,3,6-7H2,1-2H3. The summed E-state index contributed by atoms with van der Waals surface area (Å²) in [7, 11) is 0. The van der Waals surface area contributed by atoms with E-state index in [2.05, 4.69) is 5.10 Å². The highest BCUT2D eigenvalue weighted by atomic mass is 16.5. The first-order valence-corrected chi connectivity index (χ1v) is 3.90. The summed E-state index contributed by atoms with van der Waals surface area (Å²) in [6, 6.07) is 1.99. The molecule has 0 amide bonds. The molecule has 0 aliphatic heterocycles. The molecule has 0 radical (unpaired) electrons. The van der Waals surface area contributed by atoms with E-state index >= 15 is 0 Å². The maximum absolute atomic E-state index is 5.20. The summed E-state index contributed by atoms with van der Waals surface area (Å²) in [6.45, 7) is 6.42. The zero-order chi connectivity index (χ0) is 8.10. The van der Waals surface area contributed by atoms with E-state index in [1.54, 1.807) is 6.20 Å². The first-order chi connectivity index (χ1) is 5.34. The molecule has 0 atom stereocenters. The van der Waals surface area contributed by atoms with Gasteiger partial charge in [0.2, 0.25) is 0 Å². The van der Waals surface area contributed by atoms with Gasteiger partial charge in [-0.05, 0) is 19.9 Å². The van der Waals surface area contributed by atoms with Crippen LogP contribution in [0.1, 0.15) is 12.6 Å². The predicted molar refractivity (Wildman–Crippen MR) is 43.5 cm³/mol. The van der Waals surface area contributed by atoms with E-state index in [0.717, 1.165) is 19.8 Å². The molecule has 0 spiro atoms. The second-order valence-electron chi connectivity index (χ2n) is 2.39. The van der Waals surface area contributed by atoms with E-state index in [-0.39, 0.29) is 0 Å². The Bertz CT molecular complexity index is 208. The monoisotopic (exact) mass is 154 g/mol. The Morgan fingerprint density at radius 1 is 1.64 bits per heavy atom. The topological polar surface area (TPSA) is 27.1 Å². The van der Waals surface area contributed by atoms with Crippen molar-refractivity contribution in [2.45, 2.75) is 20.4 Å². The number of rotatable bonds is 4. The predicted octanol–water partition coefficient (Wildman–Crippen LogP) is 1.23. The first-order valence-electron chi connectivity index (χ1n) is 3.90. The van der Waals surface area contributed by atoms with Gasteiger partial charge in [-0.15, -0.1) is 0 Å². The summed E-state index contributed by atoms with van der Waals surface area (Å²) in [5.41, 5.74) is 1.18. The molecule has 1 heterocycles. The van der Waals surface area contributed by atoms with Crippen LogP contribution in [0.15, 0.2) is 12.3 Å². The number of aromatic nitrogens is 2. The molecule has 1 rings (SSSR count). The van der Waals surface area contributed by atoms with Gasteiger partial charge in [-0.1, -0.05) is 0 Å². The molecule has 0 bridgehead atoms. The molecule has 0 saturated carbocycles. The molecular formula is C8H14N2O. The third kappa shape index (κ3) is 2.35. The van der Waals surface area contributed by atoms with Gasteiger partial charge < -0.3 is 4.74 Å². The quantitative estimate of drug-likeness (QED) is 0.610. The van der Waals surface area contributed by atoms with Crippen molar-refractivity contribution >= 4 is 0 Å². The van der Waals surface area contributed by atoms with Crippen molar-refractivity contribution in [3.8, 4) is 0 Å². The molecule has 1 aromatic rings. The van der Waals surface area contributed by atoms with Crippen molar-refractivity contribution in [3.63, 3.8) is 0 Å². The van der Waals surface area contributed by atoms with Gasteiger partial charge in [0, 0.05) is 18.5 Å². The molecule has 0 aliphatic carbocycles. The zero-order valence-electron chi connectivity index (χ0n) is 7.08. The maximum Gasteiger partial charge on any atom is 0.0662 e. The molecule has 11 heavy (non-hydrogen) atoms. The Morgan fingerprint density at radius 2 is 2.45 bits per heavy atom. The lowest BCUT2D eigenvalue weighted by Crippen LogP contribution is -2.08. The lowest BCUT2D eigenvalue weighted by Gasteiger charge is -2.03. The lowest BCUT2D eigenvalue weighted by molar-refractivity contribution is 0.136. The molecule has 0 unspecified atom stereocenters. The Kier molecular flexibility index (Phi) is 3.11. The van der Waals surface area contributed by atoms with Gasteiger partial charge in [0.25, 0.3) is 0 Å². The summed E-state index contributed by atoms with van der Waals surface area (Å²) in [5, 5.41) is 4.12. The SMILES string of the molecule is CCOCCn1nccc1C. The summed E-state index contributed by atoms with van der Waals surface area (Å²) < 4.78 is 7.14. The number of aryl methyl sites for hydroxylation is 1. The molecule has 0 aromatic carbocycles. The minimum atomic E-state index is 0.749. The fourth-order valence-corrected chi connectivity index (χ4v) is 0.928. The molecule has 0 N–H and O–H groups in total. The van der Waals surface area contributed by atoms with Crippen LogP contribution in [0.5, 0.6) is 0 Å². The Labute approximate surface area is 67.0 Å². The summed E-state index contributed by atoms with van der Waals surface area (Å²) in [5.74, 6) is 0. The van der Waals surface area contributed by atoms with Crippen LogP contribution in [-0.2, 0) is 11.3 Å². The number of hydrogen-bond donors (Lipinski definition) is 0. The van der Waals surface area contributed by atoms with Crippen LogP contribution in [-0.4, -0.2) is 23.0 Å². The largest absolute Gasteiger partial charge is 0.380 e. The van der Waals surface area contributed by atoms with Crippen LogP contribution in [0.4, 0.5) is 0 Å². The van der Waals surface area contributed by atoms with Crippen LogP contribution in [0.3, 0.4) is 0 Å². The van der Waals surface area contributed by atoms with E-state index < -0.39 is 0 Å². The van der Waals surface area contributed by atoms with Crippen molar-refractivity contribution in [2.24, 2.45) is 0 Å². The Morgan fingerprint density at radius 3 is 3.00 bits per heavy atom. The Hall–Kier alpha value is -0.830. The van der Waals surface area contributed by atoms with Crippen molar-refractivity contribution in [1.82, 2.24) is 9.78 Å². The maximum atomic E-state index is 5.20. The van der Waals surface area contributed by atoms with Crippen molar-refractivity contribution in [3.05, 3.63) is 18.0 Å². The van der Waals surface area contributed by atoms with Crippen molar-refractivity contribution < 1.29 is 4.74 Å². The van der Waals surface area contributed by atoms with Gasteiger partial charge in [0.1, 0.15) is 0 Å². The average Bonchev–Trinajstić information content (AvgIpc) is 2.37. The van der Waals surface area contributed by atoms with Crippen LogP contribution in [0.25, 0.3) is 0 Å². The lowest BCUT2D eigenvalue weighted by atomic mass is 10.5. The fraction of sp³-hybridized carbons (Fsp3) is 0.625. The van der Waals surface area contributed by atoms with Crippen molar-refractivity contribution in [1.29, 1.82) is 0 Å². The van der Waals surface area contributed by atoms with Crippen LogP contribution in [0.2, 0.25) is 0 Å². The van der Waals surface area contributed by atoms with Crippen LogP contribution < -0.4 is 0 Å². The highest BCUT2D eigenvalue weighted by Crippen LogP contribution is 1.94. The molecule has 0 saturated heterocycles. The van der Waals surface area contributed by atoms with E-state index in [0.29, 0.717) is 0 Å². The number of ether oxygens (including phenoxy) is 1. The van der Waals surface area contributed by atoms with Crippen molar-refractivity contribution in [2.75, 3.05) is 13.2 Å². The minimum absolute atomic E-state index is 0.749. The highest BCUT2D eigenvalue weighted by Gasteiger charge is 1.94. The second kappa shape index (κ2) is 4.13. The minimum Gasteiger partial charge on any atom is -0.380 e. The summed E-state index contributed by atoms with van der Waals surface area (Å²) >= 11 is 0. The van der Waals surface area contributed by atoms with Gasteiger partial charge in [-0.25, -0.2) is 0 Å². The van der Waals surface area contributed by atoms with Gasteiger partial charge >= 0.3 is 0 Å². The van der Waals surface area contributed by atoms with Gasteiger partial charge in [-0.3, -0.25) is 4.68 Å². The van der Waals surface area contributed by atoms with E-state index in [4.69, 9.17) is 4.74 Å². The van der Waals surface area contributed by atoms with Gasteiger partial charge in [0.05, 0.1) is 13.2 Å². The highest BCUT2D eigenvalue weighted by molar-refractivity contribution is 4.96.